The van der Waals surface area contributed by atoms with E-state index in [1.807, 2.05) is 28.8 Å². The molecule has 3 aromatic rings. The molecule has 2 aromatic heterocycles. The molecule has 0 aliphatic heterocycles. The highest BCUT2D eigenvalue weighted by Gasteiger charge is 2.11. The predicted molar refractivity (Wildman–Crippen MR) is 70.4 cm³/mol. The van der Waals surface area contributed by atoms with Gasteiger partial charge < -0.3 is 0 Å². The maximum absolute atomic E-state index is 6.21. The molecule has 0 fully saturated rings. The molecular formula is C14H11ClN2. The number of imidazole rings is 1. The van der Waals surface area contributed by atoms with Crippen LogP contribution in [0, 0.1) is 6.92 Å². The number of nitrogens with zero attached hydrogens (tertiary/aromatic N) is 2. The van der Waals surface area contributed by atoms with Crippen molar-refractivity contribution in [3.05, 3.63) is 59.4 Å². The van der Waals surface area contributed by atoms with Crippen LogP contribution in [0.2, 0.25) is 5.15 Å². The predicted octanol–water partition coefficient (Wildman–Crippen LogP) is 3.96. The summed E-state index contributed by atoms with van der Waals surface area (Å²) in [6, 6.07) is 14.2. The molecule has 0 unspecified atom stereocenters. The van der Waals surface area contributed by atoms with Gasteiger partial charge in [0.15, 0.2) is 5.15 Å². The van der Waals surface area contributed by atoms with E-state index in [0.717, 1.165) is 16.9 Å². The Morgan fingerprint density at radius 1 is 1.06 bits per heavy atom. The first kappa shape index (κ1) is 10.4. The van der Waals surface area contributed by atoms with Crippen molar-refractivity contribution in [3.63, 3.8) is 0 Å². The summed E-state index contributed by atoms with van der Waals surface area (Å²) < 4.78 is 2.01. The van der Waals surface area contributed by atoms with Crippen molar-refractivity contribution in [2.24, 2.45) is 0 Å². The van der Waals surface area contributed by atoms with Gasteiger partial charge in [-0.2, -0.15) is 0 Å². The van der Waals surface area contributed by atoms with Gasteiger partial charge in [-0.25, -0.2) is 4.98 Å². The average Bonchev–Trinajstić information content (AvgIpc) is 2.66. The van der Waals surface area contributed by atoms with Crippen LogP contribution in [0.5, 0.6) is 0 Å². The highest BCUT2D eigenvalue weighted by atomic mass is 35.5. The second kappa shape index (κ2) is 3.90. The third-order valence-electron chi connectivity index (χ3n) is 2.81. The fraction of sp³-hybridized carbons (Fsp3) is 0.0714. The van der Waals surface area contributed by atoms with Crippen LogP contribution in [0.4, 0.5) is 0 Å². The third kappa shape index (κ3) is 1.71. The summed E-state index contributed by atoms with van der Waals surface area (Å²) in [7, 11) is 0. The molecule has 0 spiro atoms. The van der Waals surface area contributed by atoms with Crippen molar-refractivity contribution in [2.75, 3.05) is 0 Å². The van der Waals surface area contributed by atoms with E-state index in [-0.39, 0.29) is 0 Å². The summed E-state index contributed by atoms with van der Waals surface area (Å²) in [6.07, 6.45) is 1.98. The van der Waals surface area contributed by atoms with Crippen LogP contribution in [-0.4, -0.2) is 9.38 Å². The highest BCUT2D eigenvalue weighted by Crippen LogP contribution is 2.28. The first-order chi connectivity index (χ1) is 8.25. The lowest BCUT2D eigenvalue weighted by Crippen LogP contribution is -1.87. The van der Waals surface area contributed by atoms with Gasteiger partial charge in [0.25, 0.3) is 0 Å². The summed E-state index contributed by atoms with van der Waals surface area (Å²) in [6.45, 7) is 2.07. The van der Waals surface area contributed by atoms with Crippen LogP contribution in [0.15, 0.2) is 48.7 Å². The Balaban J connectivity index is 2.29. The number of halogens is 1. The molecule has 0 amide bonds. The van der Waals surface area contributed by atoms with E-state index in [1.54, 1.807) is 0 Å². The average molecular weight is 243 g/mol. The Kier molecular flexibility index (Phi) is 2.37. The van der Waals surface area contributed by atoms with E-state index in [4.69, 9.17) is 11.6 Å². The monoisotopic (exact) mass is 242 g/mol. The van der Waals surface area contributed by atoms with Gasteiger partial charge in [0.05, 0.1) is 5.69 Å². The van der Waals surface area contributed by atoms with Gasteiger partial charge in [0, 0.05) is 11.8 Å². The largest absolute Gasteiger partial charge is 0.298 e. The molecule has 3 rings (SSSR count). The molecule has 2 heterocycles. The van der Waals surface area contributed by atoms with Crippen LogP contribution in [0.3, 0.4) is 0 Å². The Labute approximate surface area is 104 Å². The minimum Gasteiger partial charge on any atom is -0.298 e. The molecule has 2 nitrogen and oxygen atoms in total. The maximum atomic E-state index is 6.21. The summed E-state index contributed by atoms with van der Waals surface area (Å²) in [5.41, 5.74) is 4.13. The second-order valence-electron chi connectivity index (χ2n) is 4.05. The van der Waals surface area contributed by atoms with Gasteiger partial charge in [-0.1, -0.05) is 47.5 Å². The lowest BCUT2D eigenvalue weighted by Gasteiger charge is -2.02. The molecule has 0 N–H and O–H groups in total. The van der Waals surface area contributed by atoms with Crippen LogP contribution in [0.1, 0.15) is 5.56 Å². The van der Waals surface area contributed by atoms with Crippen molar-refractivity contribution in [1.82, 2.24) is 9.38 Å². The highest BCUT2D eigenvalue weighted by molar-refractivity contribution is 6.32. The van der Waals surface area contributed by atoms with Crippen LogP contribution in [0.25, 0.3) is 16.9 Å². The lowest BCUT2D eigenvalue weighted by molar-refractivity contribution is 1.19. The van der Waals surface area contributed by atoms with E-state index >= 15 is 0 Å². The summed E-state index contributed by atoms with van der Waals surface area (Å²) >= 11 is 6.21. The van der Waals surface area contributed by atoms with Gasteiger partial charge in [-0.3, -0.25) is 4.40 Å². The Morgan fingerprint density at radius 2 is 1.82 bits per heavy atom. The number of hydrogen-bond donors (Lipinski definition) is 0. The molecule has 0 radical (unpaired) electrons. The van der Waals surface area contributed by atoms with E-state index in [2.05, 4.69) is 36.2 Å². The standard InChI is InChI=1S/C14H11ClN2/c1-10-5-7-11(8-6-10)13-14(15)16-12-4-2-3-9-17(12)13/h2-9H,1H3. The Bertz CT molecular complexity index is 668. The number of aryl methyl sites for hydroxylation is 1. The number of benzene rings is 1. The van der Waals surface area contributed by atoms with E-state index in [0.29, 0.717) is 5.15 Å². The fourth-order valence-electron chi connectivity index (χ4n) is 1.94. The molecule has 1 aromatic carbocycles. The first-order valence-electron chi connectivity index (χ1n) is 5.45. The molecule has 0 bridgehead atoms. The SMILES string of the molecule is Cc1ccc(-c2c(Cl)nc3ccccn23)cc1. The molecule has 84 valence electrons. The molecule has 0 aliphatic carbocycles. The Hall–Kier alpha value is -1.80. The van der Waals surface area contributed by atoms with Crippen molar-refractivity contribution in [1.29, 1.82) is 0 Å². The van der Waals surface area contributed by atoms with Crippen molar-refractivity contribution in [2.45, 2.75) is 6.92 Å². The number of fused-ring (bicyclic) bond motifs is 1. The number of pyridine rings is 1. The number of hydrogen-bond acceptors (Lipinski definition) is 1. The van der Waals surface area contributed by atoms with Crippen LogP contribution >= 0.6 is 11.6 Å². The molecule has 0 atom stereocenters. The quantitative estimate of drug-likeness (QED) is 0.631. The van der Waals surface area contributed by atoms with Gasteiger partial charge in [-0.05, 0) is 19.1 Å². The summed E-state index contributed by atoms with van der Waals surface area (Å²) in [5, 5.41) is 0.542. The summed E-state index contributed by atoms with van der Waals surface area (Å²) in [4.78, 5) is 4.34. The van der Waals surface area contributed by atoms with Gasteiger partial charge in [0.1, 0.15) is 5.65 Å². The number of aromatic nitrogens is 2. The fourth-order valence-corrected chi connectivity index (χ4v) is 2.22. The van der Waals surface area contributed by atoms with Gasteiger partial charge >= 0.3 is 0 Å². The van der Waals surface area contributed by atoms with E-state index in [9.17, 15) is 0 Å². The van der Waals surface area contributed by atoms with Crippen LogP contribution in [-0.2, 0) is 0 Å². The maximum Gasteiger partial charge on any atom is 0.156 e. The van der Waals surface area contributed by atoms with Gasteiger partial charge in [-0.15, -0.1) is 0 Å². The zero-order valence-corrected chi connectivity index (χ0v) is 10.1. The minimum absolute atomic E-state index is 0.542. The van der Waals surface area contributed by atoms with Crippen molar-refractivity contribution < 1.29 is 0 Å². The smallest absolute Gasteiger partial charge is 0.156 e. The van der Waals surface area contributed by atoms with Crippen LogP contribution < -0.4 is 0 Å². The van der Waals surface area contributed by atoms with Crippen molar-refractivity contribution in [3.8, 4) is 11.3 Å². The summed E-state index contributed by atoms with van der Waals surface area (Å²) in [5.74, 6) is 0. The normalized spacial score (nSPS) is 10.9. The topological polar surface area (TPSA) is 17.3 Å². The van der Waals surface area contributed by atoms with Crippen molar-refractivity contribution >= 4 is 17.2 Å². The zero-order chi connectivity index (χ0) is 11.8. The Morgan fingerprint density at radius 3 is 2.59 bits per heavy atom. The first-order valence-corrected chi connectivity index (χ1v) is 5.83. The van der Waals surface area contributed by atoms with Gasteiger partial charge in [0.2, 0.25) is 0 Å². The number of rotatable bonds is 1. The molecule has 0 saturated heterocycles. The molecule has 0 aliphatic rings. The molecule has 3 heteroatoms. The second-order valence-corrected chi connectivity index (χ2v) is 4.40. The zero-order valence-electron chi connectivity index (χ0n) is 9.39. The molecule has 17 heavy (non-hydrogen) atoms. The lowest BCUT2D eigenvalue weighted by atomic mass is 10.1. The molecular weight excluding hydrogens is 232 g/mol. The van der Waals surface area contributed by atoms with E-state index in [1.165, 1.54) is 5.56 Å². The third-order valence-corrected chi connectivity index (χ3v) is 3.08. The molecule has 0 saturated carbocycles. The van der Waals surface area contributed by atoms with E-state index < -0.39 is 0 Å². The minimum atomic E-state index is 0.542.